The Hall–Kier alpha value is -1.88. The smallest absolute Gasteiger partial charge is 0.330 e. The number of rotatable bonds is 5. The van der Waals surface area contributed by atoms with Crippen molar-refractivity contribution in [3.8, 4) is 0 Å². The van der Waals surface area contributed by atoms with E-state index in [2.05, 4.69) is 5.32 Å². The summed E-state index contributed by atoms with van der Waals surface area (Å²) in [6, 6.07) is 7.66. The number of carboxylic acids is 1. The first-order valence-corrected chi connectivity index (χ1v) is 6.86. The number of hydrogen-bond donors (Lipinski definition) is 3. The Morgan fingerprint density at radius 1 is 1.25 bits per heavy atom. The molecular formula is C15H20N2O3. The molecule has 5 heteroatoms. The zero-order valence-electron chi connectivity index (χ0n) is 11.3. The van der Waals surface area contributed by atoms with E-state index in [0.717, 1.165) is 25.7 Å². The highest BCUT2D eigenvalue weighted by Gasteiger charge is 2.33. The number of carbonyl (C=O) groups excluding carboxylic acids is 1. The maximum Gasteiger partial charge on any atom is 0.330 e. The predicted molar refractivity (Wildman–Crippen MR) is 75.0 cm³/mol. The van der Waals surface area contributed by atoms with Crippen molar-refractivity contribution >= 4 is 11.9 Å². The summed E-state index contributed by atoms with van der Waals surface area (Å²) in [6.45, 7) is 0. The summed E-state index contributed by atoms with van der Waals surface area (Å²) in [5.74, 6) is -1.37. The second-order valence-electron chi connectivity index (χ2n) is 5.50. The number of hydrogen-bond acceptors (Lipinski definition) is 3. The van der Waals surface area contributed by atoms with Crippen molar-refractivity contribution in [1.82, 2.24) is 5.32 Å². The van der Waals surface area contributed by atoms with Crippen molar-refractivity contribution in [3.63, 3.8) is 0 Å². The SMILES string of the molecule is NC1(CC(=O)NC(C(=O)O)c2ccccc2)CCCC1. The summed E-state index contributed by atoms with van der Waals surface area (Å²) < 4.78 is 0. The number of aliphatic carboxylic acids is 1. The summed E-state index contributed by atoms with van der Waals surface area (Å²) in [4.78, 5) is 23.3. The molecule has 2 rings (SSSR count). The van der Waals surface area contributed by atoms with Crippen LogP contribution in [0, 0.1) is 0 Å². The molecule has 1 atom stereocenters. The highest BCUT2D eigenvalue weighted by atomic mass is 16.4. The third kappa shape index (κ3) is 3.57. The molecule has 20 heavy (non-hydrogen) atoms. The van der Waals surface area contributed by atoms with E-state index in [1.54, 1.807) is 30.3 Å². The van der Waals surface area contributed by atoms with E-state index >= 15 is 0 Å². The molecule has 1 unspecified atom stereocenters. The minimum Gasteiger partial charge on any atom is -0.479 e. The second-order valence-corrected chi connectivity index (χ2v) is 5.50. The molecule has 0 heterocycles. The van der Waals surface area contributed by atoms with Crippen LogP contribution in [0.15, 0.2) is 30.3 Å². The molecular weight excluding hydrogens is 256 g/mol. The van der Waals surface area contributed by atoms with E-state index in [9.17, 15) is 14.7 Å². The first-order valence-electron chi connectivity index (χ1n) is 6.86. The van der Waals surface area contributed by atoms with Crippen LogP contribution in [-0.2, 0) is 9.59 Å². The monoisotopic (exact) mass is 276 g/mol. The molecule has 1 aromatic carbocycles. The molecule has 0 radical (unpaired) electrons. The van der Waals surface area contributed by atoms with Gasteiger partial charge in [0, 0.05) is 12.0 Å². The number of nitrogens with one attached hydrogen (secondary N) is 1. The van der Waals surface area contributed by atoms with Crippen molar-refractivity contribution in [1.29, 1.82) is 0 Å². The lowest BCUT2D eigenvalue weighted by Crippen LogP contribution is -2.44. The van der Waals surface area contributed by atoms with Crippen LogP contribution in [0.2, 0.25) is 0 Å². The third-order valence-electron chi connectivity index (χ3n) is 3.80. The van der Waals surface area contributed by atoms with Gasteiger partial charge < -0.3 is 16.2 Å². The van der Waals surface area contributed by atoms with Crippen LogP contribution < -0.4 is 11.1 Å². The molecule has 4 N–H and O–H groups in total. The second kappa shape index (κ2) is 6.05. The number of nitrogens with two attached hydrogens (primary N) is 1. The van der Waals surface area contributed by atoms with Gasteiger partial charge in [0.2, 0.25) is 5.91 Å². The maximum absolute atomic E-state index is 12.0. The standard InChI is InChI=1S/C15H20N2O3/c16-15(8-4-5-9-15)10-12(18)17-13(14(19)20)11-6-2-1-3-7-11/h1-3,6-7,13H,4-5,8-10,16H2,(H,17,18)(H,19,20). The summed E-state index contributed by atoms with van der Waals surface area (Å²) >= 11 is 0. The molecule has 0 saturated heterocycles. The Labute approximate surface area is 118 Å². The number of benzene rings is 1. The summed E-state index contributed by atoms with van der Waals surface area (Å²) in [6.07, 6.45) is 3.90. The molecule has 0 bridgehead atoms. The minimum absolute atomic E-state index is 0.184. The fourth-order valence-electron chi connectivity index (χ4n) is 2.72. The molecule has 1 fully saturated rings. The minimum atomic E-state index is -1.07. The molecule has 1 aliphatic carbocycles. The van der Waals surface area contributed by atoms with Crippen LogP contribution >= 0.6 is 0 Å². The number of carboxylic acid groups (broad SMARTS) is 1. The van der Waals surface area contributed by atoms with Gasteiger partial charge in [0.1, 0.15) is 0 Å². The highest BCUT2D eigenvalue weighted by Crippen LogP contribution is 2.30. The Morgan fingerprint density at radius 3 is 2.40 bits per heavy atom. The van der Waals surface area contributed by atoms with E-state index in [1.807, 2.05) is 0 Å². The Bertz CT molecular complexity index is 481. The van der Waals surface area contributed by atoms with Gasteiger partial charge in [-0.1, -0.05) is 43.2 Å². The Morgan fingerprint density at radius 2 is 1.85 bits per heavy atom. The first-order chi connectivity index (χ1) is 9.50. The van der Waals surface area contributed by atoms with Gasteiger partial charge in [0.25, 0.3) is 0 Å². The fraction of sp³-hybridized carbons (Fsp3) is 0.467. The van der Waals surface area contributed by atoms with Gasteiger partial charge >= 0.3 is 5.97 Å². The van der Waals surface area contributed by atoms with Gasteiger partial charge in [-0.2, -0.15) is 0 Å². The fourth-order valence-corrected chi connectivity index (χ4v) is 2.72. The van der Waals surface area contributed by atoms with Crippen molar-refractivity contribution in [2.75, 3.05) is 0 Å². The van der Waals surface area contributed by atoms with Crippen molar-refractivity contribution in [2.24, 2.45) is 5.73 Å². The maximum atomic E-state index is 12.0. The first kappa shape index (κ1) is 14.5. The van der Waals surface area contributed by atoms with Crippen molar-refractivity contribution < 1.29 is 14.7 Å². The van der Waals surface area contributed by atoms with Gasteiger partial charge in [-0.3, -0.25) is 4.79 Å². The zero-order valence-corrected chi connectivity index (χ0v) is 11.3. The normalized spacial score (nSPS) is 18.4. The summed E-state index contributed by atoms with van der Waals surface area (Å²) in [7, 11) is 0. The lowest BCUT2D eigenvalue weighted by Gasteiger charge is -2.24. The van der Waals surface area contributed by atoms with E-state index in [1.165, 1.54) is 0 Å². The molecule has 0 spiro atoms. The van der Waals surface area contributed by atoms with Crippen LogP contribution in [0.3, 0.4) is 0 Å². The lowest BCUT2D eigenvalue weighted by atomic mass is 9.94. The Kier molecular flexibility index (Phi) is 4.39. The summed E-state index contributed by atoms with van der Waals surface area (Å²) in [5, 5.41) is 11.8. The lowest BCUT2D eigenvalue weighted by molar-refractivity contribution is -0.142. The van der Waals surface area contributed by atoms with Crippen LogP contribution in [0.1, 0.15) is 43.7 Å². The van der Waals surface area contributed by atoms with Gasteiger partial charge in [0.05, 0.1) is 0 Å². The van der Waals surface area contributed by atoms with Crippen molar-refractivity contribution in [2.45, 2.75) is 43.7 Å². The number of carbonyl (C=O) groups is 2. The van der Waals surface area contributed by atoms with Crippen molar-refractivity contribution in [3.05, 3.63) is 35.9 Å². The van der Waals surface area contributed by atoms with Gasteiger partial charge in [0.15, 0.2) is 6.04 Å². The molecule has 108 valence electrons. The quantitative estimate of drug-likeness (QED) is 0.761. The topological polar surface area (TPSA) is 92.4 Å². The molecule has 1 saturated carbocycles. The van der Waals surface area contributed by atoms with Crippen LogP contribution in [0.25, 0.3) is 0 Å². The van der Waals surface area contributed by atoms with Gasteiger partial charge in [-0.15, -0.1) is 0 Å². The molecule has 0 aromatic heterocycles. The average Bonchev–Trinajstić information content (AvgIpc) is 2.83. The summed E-state index contributed by atoms with van der Waals surface area (Å²) in [5.41, 5.74) is 6.23. The average molecular weight is 276 g/mol. The molecule has 1 aliphatic rings. The van der Waals surface area contributed by atoms with Gasteiger partial charge in [-0.25, -0.2) is 4.79 Å². The number of amides is 1. The molecule has 5 nitrogen and oxygen atoms in total. The van der Waals surface area contributed by atoms with E-state index < -0.39 is 17.6 Å². The van der Waals surface area contributed by atoms with E-state index in [-0.39, 0.29) is 12.3 Å². The molecule has 0 aliphatic heterocycles. The van der Waals surface area contributed by atoms with E-state index in [0.29, 0.717) is 5.56 Å². The van der Waals surface area contributed by atoms with Crippen LogP contribution in [-0.4, -0.2) is 22.5 Å². The zero-order chi connectivity index (χ0) is 14.6. The molecule has 1 aromatic rings. The van der Waals surface area contributed by atoms with Gasteiger partial charge in [-0.05, 0) is 18.4 Å². The molecule has 1 amide bonds. The predicted octanol–water partition coefficient (Wildman–Crippen LogP) is 1.59. The van der Waals surface area contributed by atoms with E-state index in [4.69, 9.17) is 5.73 Å². The van der Waals surface area contributed by atoms with Crippen LogP contribution in [0.4, 0.5) is 0 Å². The highest BCUT2D eigenvalue weighted by molar-refractivity contribution is 5.85. The third-order valence-corrected chi connectivity index (χ3v) is 3.80. The Balaban J connectivity index is 2.02. The van der Waals surface area contributed by atoms with Crippen LogP contribution in [0.5, 0.6) is 0 Å². The largest absolute Gasteiger partial charge is 0.479 e.